The van der Waals surface area contributed by atoms with E-state index in [0.29, 0.717) is 0 Å². The summed E-state index contributed by atoms with van der Waals surface area (Å²) >= 11 is 0. The first-order valence-electron chi connectivity index (χ1n) is 9.88. The highest BCUT2D eigenvalue weighted by Gasteiger charge is 2.35. The zero-order chi connectivity index (χ0) is 20.2. The van der Waals surface area contributed by atoms with E-state index in [-0.39, 0.29) is 11.6 Å². The van der Waals surface area contributed by atoms with Gasteiger partial charge < -0.3 is 14.8 Å². The normalized spacial score (nSPS) is 18.6. The van der Waals surface area contributed by atoms with Gasteiger partial charge in [0.05, 0.1) is 18.2 Å². The van der Waals surface area contributed by atoms with E-state index in [9.17, 15) is 0 Å². The molecule has 3 nitrogen and oxygen atoms in total. The highest BCUT2D eigenvalue weighted by molar-refractivity contribution is 5.92. The summed E-state index contributed by atoms with van der Waals surface area (Å²) in [4.78, 5) is 0. The van der Waals surface area contributed by atoms with Crippen LogP contribution >= 0.6 is 0 Å². The van der Waals surface area contributed by atoms with Gasteiger partial charge in [0.15, 0.2) is 0 Å². The molecule has 0 aromatic heterocycles. The molecule has 2 aliphatic rings. The monoisotopic (exact) mass is 375 g/mol. The van der Waals surface area contributed by atoms with Gasteiger partial charge in [0.2, 0.25) is 0 Å². The molecular weight excluding hydrogens is 346 g/mol. The largest absolute Gasteiger partial charge is 0.496 e. The van der Waals surface area contributed by atoms with Gasteiger partial charge in [-0.2, -0.15) is 0 Å². The van der Waals surface area contributed by atoms with Gasteiger partial charge in [0, 0.05) is 23.2 Å². The maximum absolute atomic E-state index is 6.59. The van der Waals surface area contributed by atoms with E-state index in [1.54, 1.807) is 7.11 Å². The average molecular weight is 376 g/mol. The van der Waals surface area contributed by atoms with E-state index < -0.39 is 0 Å². The molecule has 1 N–H and O–H groups in total. The summed E-state index contributed by atoms with van der Waals surface area (Å²) in [7, 11) is 1.74. The Kier molecular flexibility index (Phi) is 4.29. The van der Waals surface area contributed by atoms with Crippen molar-refractivity contribution in [3.8, 4) is 22.6 Å². The van der Waals surface area contributed by atoms with Crippen LogP contribution in [0.25, 0.3) is 16.7 Å². The molecule has 1 atom stereocenters. The quantitative estimate of drug-likeness (QED) is 0.613. The maximum atomic E-state index is 6.59. The molecule has 0 aliphatic carbocycles. The van der Waals surface area contributed by atoms with E-state index >= 15 is 0 Å². The molecule has 0 fully saturated rings. The van der Waals surface area contributed by atoms with Crippen molar-refractivity contribution >= 4 is 11.3 Å². The van der Waals surface area contributed by atoms with Crippen LogP contribution < -0.4 is 14.8 Å². The number of fused-ring (bicyclic) bond motifs is 5. The lowest BCUT2D eigenvalue weighted by Crippen LogP contribution is -2.32. The second-order valence-corrected chi connectivity index (χ2v) is 8.50. The molecule has 0 spiro atoms. The zero-order valence-electron chi connectivity index (χ0n) is 17.7. The van der Waals surface area contributed by atoms with E-state index in [1.807, 2.05) is 6.08 Å². The average Bonchev–Trinajstić information content (AvgIpc) is 2.61. The molecule has 0 saturated carbocycles. The van der Waals surface area contributed by atoms with Gasteiger partial charge in [-0.15, -0.1) is 6.58 Å². The number of allylic oxidation sites excluding steroid dienone is 1. The molecule has 28 heavy (non-hydrogen) atoms. The van der Waals surface area contributed by atoms with Crippen LogP contribution in [0.1, 0.15) is 55.5 Å². The Balaban J connectivity index is 2.07. The predicted molar refractivity (Wildman–Crippen MR) is 117 cm³/mol. The lowest BCUT2D eigenvalue weighted by atomic mass is 9.80. The molecule has 2 aliphatic heterocycles. The van der Waals surface area contributed by atoms with Crippen LogP contribution in [0.2, 0.25) is 0 Å². The molecule has 4 rings (SSSR count). The molecular formula is C25H29NO2. The highest BCUT2D eigenvalue weighted by atomic mass is 16.5. The molecule has 146 valence electrons. The van der Waals surface area contributed by atoms with Crippen molar-refractivity contribution in [3.63, 3.8) is 0 Å². The molecule has 3 heteroatoms. The molecule has 0 bridgehead atoms. The second-order valence-electron chi connectivity index (χ2n) is 8.50. The van der Waals surface area contributed by atoms with Crippen LogP contribution in [0.5, 0.6) is 11.5 Å². The number of aryl methyl sites for hydroxylation is 2. The van der Waals surface area contributed by atoms with Gasteiger partial charge in [0.1, 0.15) is 17.6 Å². The first-order chi connectivity index (χ1) is 13.3. The predicted octanol–water partition coefficient (Wildman–Crippen LogP) is 6.60. The fourth-order valence-electron chi connectivity index (χ4n) is 4.83. The van der Waals surface area contributed by atoms with Crippen molar-refractivity contribution in [3.05, 3.63) is 59.2 Å². The van der Waals surface area contributed by atoms with Crippen molar-refractivity contribution < 1.29 is 9.47 Å². The summed E-state index contributed by atoms with van der Waals surface area (Å²) in [6.45, 7) is 14.8. The fraction of sp³-hybridized carbons (Fsp3) is 0.360. The number of rotatable bonds is 3. The number of methoxy groups -OCH3 is 1. The van der Waals surface area contributed by atoms with Gasteiger partial charge in [-0.3, -0.25) is 0 Å². The SMILES string of the molecule is C=CCC1Oc2c(C)cc(C)c(OC)c2-c2ccc3c(c21)C(C)=CC(C)(C)N3. The summed E-state index contributed by atoms with van der Waals surface area (Å²) in [6.07, 6.45) is 4.94. The Labute approximate surface area is 168 Å². The minimum atomic E-state index is -0.0719. The van der Waals surface area contributed by atoms with E-state index in [2.05, 4.69) is 70.8 Å². The third-order valence-electron chi connectivity index (χ3n) is 5.71. The van der Waals surface area contributed by atoms with Crippen molar-refractivity contribution in [2.24, 2.45) is 0 Å². The Hall–Kier alpha value is -2.68. The molecule has 2 heterocycles. The Morgan fingerprint density at radius 1 is 1.18 bits per heavy atom. The molecule has 1 unspecified atom stereocenters. The maximum Gasteiger partial charge on any atom is 0.134 e. The smallest absolute Gasteiger partial charge is 0.134 e. The number of benzene rings is 2. The minimum absolute atomic E-state index is 0.0626. The lowest BCUT2D eigenvalue weighted by Gasteiger charge is -2.37. The third-order valence-corrected chi connectivity index (χ3v) is 5.71. The zero-order valence-corrected chi connectivity index (χ0v) is 17.7. The summed E-state index contributed by atoms with van der Waals surface area (Å²) in [5, 5.41) is 3.67. The van der Waals surface area contributed by atoms with Crippen LogP contribution in [-0.2, 0) is 0 Å². The second kappa shape index (κ2) is 6.44. The van der Waals surface area contributed by atoms with Gasteiger partial charge >= 0.3 is 0 Å². The highest BCUT2D eigenvalue weighted by Crippen LogP contribution is 2.54. The number of nitrogens with one attached hydrogen (secondary N) is 1. The van der Waals surface area contributed by atoms with Crippen molar-refractivity contribution in [2.45, 2.75) is 52.7 Å². The van der Waals surface area contributed by atoms with E-state index in [1.165, 1.54) is 22.3 Å². The summed E-state index contributed by atoms with van der Waals surface area (Å²) in [5.41, 5.74) is 9.36. The van der Waals surface area contributed by atoms with Crippen LogP contribution in [0.3, 0.4) is 0 Å². The summed E-state index contributed by atoms with van der Waals surface area (Å²) < 4.78 is 12.4. The first kappa shape index (κ1) is 18.7. The third kappa shape index (κ3) is 2.72. The first-order valence-corrected chi connectivity index (χ1v) is 9.88. The topological polar surface area (TPSA) is 30.5 Å². The van der Waals surface area contributed by atoms with Crippen molar-refractivity contribution in [2.75, 3.05) is 12.4 Å². The molecule has 0 radical (unpaired) electrons. The van der Waals surface area contributed by atoms with Crippen molar-refractivity contribution in [1.29, 1.82) is 0 Å². The van der Waals surface area contributed by atoms with Crippen LogP contribution in [0.15, 0.2) is 36.9 Å². The number of hydrogen-bond acceptors (Lipinski definition) is 3. The summed E-state index contributed by atoms with van der Waals surface area (Å²) in [5.74, 6) is 1.82. The van der Waals surface area contributed by atoms with Gasteiger partial charge in [-0.25, -0.2) is 0 Å². The van der Waals surface area contributed by atoms with Gasteiger partial charge in [-0.1, -0.05) is 18.2 Å². The van der Waals surface area contributed by atoms with Gasteiger partial charge in [-0.05, 0) is 69.0 Å². The standard InChI is InChI=1S/C25H29NO2/c1-8-9-19-21-17(10-11-18-20(21)16(4)13-25(5,6)26-18)22-23(27-7)14(2)12-15(3)24(22)28-19/h8,10-13,19,26H,1,9H2,2-7H3. The summed E-state index contributed by atoms with van der Waals surface area (Å²) in [6, 6.07) is 6.56. The van der Waals surface area contributed by atoms with Crippen LogP contribution in [0.4, 0.5) is 5.69 Å². The molecule has 2 aromatic carbocycles. The molecule has 0 amide bonds. The van der Waals surface area contributed by atoms with E-state index in [0.717, 1.165) is 40.3 Å². The number of ether oxygens (including phenoxy) is 2. The van der Waals surface area contributed by atoms with Crippen LogP contribution in [0, 0.1) is 13.8 Å². The lowest BCUT2D eigenvalue weighted by molar-refractivity contribution is 0.203. The Morgan fingerprint density at radius 3 is 2.61 bits per heavy atom. The van der Waals surface area contributed by atoms with Crippen LogP contribution in [-0.4, -0.2) is 12.6 Å². The molecule has 0 saturated heterocycles. The minimum Gasteiger partial charge on any atom is -0.496 e. The van der Waals surface area contributed by atoms with Gasteiger partial charge in [0.25, 0.3) is 0 Å². The number of anilines is 1. The Bertz CT molecular complexity index is 1010. The Morgan fingerprint density at radius 2 is 1.93 bits per heavy atom. The van der Waals surface area contributed by atoms with E-state index in [4.69, 9.17) is 9.47 Å². The molecule has 2 aromatic rings. The fourth-order valence-corrected chi connectivity index (χ4v) is 4.83. The van der Waals surface area contributed by atoms with Crippen molar-refractivity contribution in [1.82, 2.24) is 0 Å². The number of hydrogen-bond donors (Lipinski definition) is 1.